The summed E-state index contributed by atoms with van der Waals surface area (Å²) in [5.74, 6) is 1.77. The zero-order valence-electron chi connectivity index (χ0n) is 21.1. The third kappa shape index (κ3) is 5.16. The third-order valence-electron chi connectivity index (χ3n) is 8.06. The van der Waals surface area contributed by atoms with Crippen molar-refractivity contribution in [2.45, 2.75) is 82.2 Å². The lowest BCUT2D eigenvalue weighted by atomic mass is 9.84. The summed E-state index contributed by atoms with van der Waals surface area (Å²) in [5, 5.41) is 12.2. The summed E-state index contributed by atoms with van der Waals surface area (Å²) in [6, 6.07) is -0.0380. The molecule has 6 rings (SSSR count). The zero-order chi connectivity index (χ0) is 26.3. The molecule has 38 heavy (non-hydrogen) atoms. The SMILES string of the molecule is O=C([C@@H]1CCc2nnc([C@H]3CCC[C@@H](Nc4ncc(C(F)(F)F)c(OC5COC5)n4)C3)n2C1)N1CCCC1. The Kier molecular flexibility index (Phi) is 6.87. The minimum atomic E-state index is -4.62. The van der Waals surface area contributed by atoms with E-state index in [0.29, 0.717) is 6.54 Å². The second-order valence-electron chi connectivity index (χ2n) is 10.7. The van der Waals surface area contributed by atoms with Crippen LogP contribution in [0.1, 0.15) is 68.1 Å². The number of aryl methyl sites for hydroxylation is 1. The van der Waals surface area contributed by atoms with Crippen molar-refractivity contribution in [3.05, 3.63) is 23.4 Å². The third-order valence-corrected chi connectivity index (χ3v) is 8.06. The number of anilines is 1. The predicted octanol–water partition coefficient (Wildman–Crippen LogP) is 3.19. The minimum absolute atomic E-state index is 0.0380. The molecule has 1 saturated carbocycles. The maximum absolute atomic E-state index is 13.5. The molecule has 3 atom stereocenters. The highest BCUT2D eigenvalue weighted by atomic mass is 19.4. The number of aromatic nitrogens is 5. The highest BCUT2D eigenvalue weighted by molar-refractivity contribution is 5.79. The highest BCUT2D eigenvalue weighted by Gasteiger charge is 2.38. The van der Waals surface area contributed by atoms with Gasteiger partial charge in [-0.3, -0.25) is 4.79 Å². The van der Waals surface area contributed by atoms with Crippen LogP contribution in [0.25, 0.3) is 0 Å². The molecule has 1 N–H and O–H groups in total. The molecule has 10 nitrogen and oxygen atoms in total. The maximum Gasteiger partial charge on any atom is 0.423 e. The van der Waals surface area contributed by atoms with Crippen LogP contribution < -0.4 is 10.1 Å². The summed E-state index contributed by atoms with van der Waals surface area (Å²) < 4.78 is 53.0. The molecule has 1 aliphatic carbocycles. The molecule has 0 unspecified atom stereocenters. The Balaban J connectivity index is 1.14. The molecule has 13 heteroatoms. The number of amides is 1. The summed E-state index contributed by atoms with van der Waals surface area (Å²) in [6.07, 6.45) is 2.81. The number of ether oxygens (including phenoxy) is 2. The Morgan fingerprint density at radius 1 is 1.11 bits per heavy atom. The Bertz CT molecular complexity index is 1160. The number of carbonyl (C=O) groups excluding carboxylic acids is 1. The van der Waals surface area contributed by atoms with Gasteiger partial charge in [0.25, 0.3) is 0 Å². The lowest BCUT2D eigenvalue weighted by Crippen LogP contribution is -2.39. The highest BCUT2D eigenvalue weighted by Crippen LogP contribution is 2.38. The fourth-order valence-electron chi connectivity index (χ4n) is 5.95. The fourth-order valence-corrected chi connectivity index (χ4v) is 5.95. The Labute approximate surface area is 218 Å². The largest absolute Gasteiger partial charge is 0.469 e. The first-order chi connectivity index (χ1) is 18.3. The van der Waals surface area contributed by atoms with Gasteiger partial charge in [0.05, 0.1) is 19.1 Å². The second kappa shape index (κ2) is 10.3. The van der Waals surface area contributed by atoms with Crippen LogP contribution in [-0.4, -0.2) is 74.0 Å². The number of nitrogens with one attached hydrogen (secondary N) is 1. The van der Waals surface area contributed by atoms with Gasteiger partial charge >= 0.3 is 6.18 Å². The number of rotatable bonds is 6. The predicted molar refractivity (Wildman–Crippen MR) is 129 cm³/mol. The van der Waals surface area contributed by atoms with Crippen LogP contribution in [0.3, 0.4) is 0 Å². The lowest BCUT2D eigenvalue weighted by Gasteiger charge is -2.32. The number of likely N-dealkylation sites (tertiary alicyclic amines) is 1. The lowest BCUT2D eigenvalue weighted by molar-refractivity contribution is -0.142. The molecule has 4 aliphatic rings. The molecule has 3 aliphatic heterocycles. The van der Waals surface area contributed by atoms with E-state index < -0.39 is 23.7 Å². The van der Waals surface area contributed by atoms with E-state index in [0.717, 1.165) is 82.3 Å². The number of alkyl halides is 3. The van der Waals surface area contributed by atoms with Crippen molar-refractivity contribution < 1.29 is 27.4 Å². The molecule has 206 valence electrons. The molecule has 3 fully saturated rings. The molecule has 0 spiro atoms. The van der Waals surface area contributed by atoms with E-state index in [1.54, 1.807) is 0 Å². The van der Waals surface area contributed by atoms with Crippen LogP contribution in [0, 0.1) is 5.92 Å². The van der Waals surface area contributed by atoms with Crippen molar-refractivity contribution in [3.63, 3.8) is 0 Å². The summed E-state index contributed by atoms with van der Waals surface area (Å²) in [5.41, 5.74) is -0.996. The van der Waals surface area contributed by atoms with E-state index in [-0.39, 0.29) is 42.9 Å². The van der Waals surface area contributed by atoms with Gasteiger partial charge in [0, 0.05) is 44.2 Å². The van der Waals surface area contributed by atoms with E-state index in [9.17, 15) is 18.0 Å². The van der Waals surface area contributed by atoms with Gasteiger partial charge in [-0.2, -0.15) is 18.2 Å². The number of halogens is 3. The second-order valence-corrected chi connectivity index (χ2v) is 10.7. The molecule has 2 aromatic rings. The summed E-state index contributed by atoms with van der Waals surface area (Å²) in [4.78, 5) is 23.1. The Morgan fingerprint density at radius 3 is 2.66 bits per heavy atom. The van der Waals surface area contributed by atoms with E-state index in [1.165, 1.54) is 0 Å². The van der Waals surface area contributed by atoms with Crippen molar-refractivity contribution in [2.75, 3.05) is 31.6 Å². The Morgan fingerprint density at radius 2 is 1.92 bits per heavy atom. The van der Waals surface area contributed by atoms with Gasteiger partial charge in [0.2, 0.25) is 17.7 Å². The number of carbonyl (C=O) groups is 1. The Hall–Kier alpha value is -2.96. The number of fused-ring (bicyclic) bond motifs is 1. The summed E-state index contributed by atoms with van der Waals surface area (Å²) in [6.45, 7) is 2.78. The fraction of sp³-hybridized carbons (Fsp3) is 0.720. The van der Waals surface area contributed by atoms with Crippen molar-refractivity contribution in [1.82, 2.24) is 29.6 Å². The van der Waals surface area contributed by atoms with E-state index in [4.69, 9.17) is 9.47 Å². The number of hydrogen-bond acceptors (Lipinski definition) is 8. The molecular weight excluding hydrogens is 503 g/mol. The van der Waals surface area contributed by atoms with Gasteiger partial charge in [-0.1, -0.05) is 6.42 Å². The van der Waals surface area contributed by atoms with Crippen LogP contribution in [-0.2, 0) is 28.7 Å². The maximum atomic E-state index is 13.5. The molecule has 1 amide bonds. The van der Waals surface area contributed by atoms with Gasteiger partial charge in [-0.15, -0.1) is 10.2 Å². The van der Waals surface area contributed by atoms with Gasteiger partial charge in [0.15, 0.2) is 0 Å². The minimum Gasteiger partial charge on any atom is -0.469 e. The number of hydrogen-bond donors (Lipinski definition) is 1. The molecule has 0 bridgehead atoms. The quantitative estimate of drug-likeness (QED) is 0.601. The zero-order valence-corrected chi connectivity index (χ0v) is 21.1. The summed E-state index contributed by atoms with van der Waals surface area (Å²) >= 11 is 0. The van der Waals surface area contributed by atoms with Gasteiger partial charge in [-0.05, 0) is 38.5 Å². The normalized spacial score (nSPS) is 26.1. The standard InChI is InChI=1S/C25H32F3N7O3/c26-25(27,28)19-11-29-24(31-22(19)38-18-13-37-14-18)30-17-5-3-4-15(10-17)21-33-32-20-7-6-16(12-35(20)21)23(36)34-8-1-2-9-34/h11,15-18H,1-10,12-14H2,(H,29,30,31)/t15-,16+,17+/m0/s1. The first-order valence-corrected chi connectivity index (χ1v) is 13.5. The van der Waals surface area contributed by atoms with Gasteiger partial charge in [-0.25, -0.2) is 4.98 Å². The van der Waals surface area contributed by atoms with Crippen LogP contribution in [0.2, 0.25) is 0 Å². The van der Waals surface area contributed by atoms with Crippen molar-refractivity contribution in [2.24, 2.45) is 5.92 Å². The van der Waals surface area contributed by atoms with Gasteiger partial charge in [0.1, 0.15) is 23.3 Å². The number of nitrogens with zero attached hydrogens (tertiary/aromatic N) is 6. The first kappa shape index (κ1) is 25.3. The first-order valence-electron chi connectivity index (χ1n) is 13.5. The molecule has 0 aromatic carbocycles. The van der Waals surface area contributed by atoms with E-state index >= 15 is 0 Å². The molecule has 2 saturated heterocycles. The van der Waals surface area contributed by atoms with Crippen LogP contribution in [0.4, 0.5) is 19.1 Å². The van der Waals surface area contributed by atoms with Crippen LogP contribution >= 0.6 is 0 Å². The van der Waals surface area contributed by atoms with E-state index in [1.807, 2.05) is 4.90 Å². The average molecular weight is 536 g/mol. The average Bonchev–Trinajstić information content (AvgIpc) is 3.55. The van der Waals surface area contributed by atoms with Crippen LogP contribution in [0.15, 0.2) is 6.20 Å². The van der Waals surface area contributed by atoms with Crippen molar-refractivity contribution >= 4 is 11.9 Å². The molecule has 0 radical (unpaired) electrons. The van der Waals surface area contributed by atoms with Gasteiger partial charge < -0.3 is 24.3 Å². The smallest absolute Gasteiger partial charge is 0.423 e. The monoisotopic (exact) mass is 535 g/mol. The van der Waals surface area contributed by atoms with Crippen molar-refractivity contribution in [1.29, 1.82) is 0 Å². The van der Waals surface area contributed by atoms with E-state index in [2.05, 4.69) is 30.0 Å². The molecule has 2 aromatic heterocycles. The van der Waals surface area contributed by atoms with Crippen molar-refractivity contribution in [3.8, 4) is 5.88 Å². The van der Waals surface area contributed by atoms with Crippen LogP contribution in [0.5, 0.6) is 5.88 Å². The summed E-state index contributed by atoms with van der Waals surface area (Å²) in [7, 11) is 0. The molecular formula is C25H32F3N7O3. The molecule has 5 heterocycles. The topological polar surface area (TPSA) is 107 Å².